The lowest BCUT2D eigenvalue weighted by Gasteiger charge is -2.09. The smallest absolute Gasteiger partial charge is 0.226 e. The predicted octanol–water partition coefficient (Wildman–Crippen LogP) is 2.07. The van der Waals surface area contributed by atoms with Gasteiger partial charge in [0.25, 0.3) is 0 Å². The van der Waals surface area contributed by atoms with Gasteiger partial charge in [-0.3, -0.25) is 4.79 Å². The zero-order chi connectivity index (χ0) is 12.0. The van der Waals surface area contributed by atoms with Gasteiger partial charge >= 0.3 is 0 Å². The van der Waals surface area contributed by atoms with E-state index in [9.17, 15) is 9.90 Å². The van der Waals surface area contributed by atoms with Crippen LogP contribution in [-0.2, 0) is 9.53 Å². The average Bonchev–Trinajstić information content (AvgIpc) is 2.25. The molecule has 1 amide bonds. The Bertz CT molecular complexity index is 363. The van der Waals surface area contributed by atoms with Gasteiger partial charge in [-0.15, -0.1) is 0 Å². The second-order valence-corrected chi connectivity index (χ2v) is 3.44. The number of hydrogen-bond acceptors (Lipinski definition) is 3. The number of rotatable bonds is 5. The number of benzene rings is 1. The number of anilines is 1. The first-order valence-electron chi connectivity index (χ1n) is 5.31. The van der Waals surface area contributed by atoms with Gasteiger partial charge in [-0.25, -0.2) is 0 Å². The molecule has 0 bridgehead atoms. The van der Waals surface area contributed by atoms with E-state index in [0.29, 0.717) is 30.9 Å². The molecule has 0 aromatic heterocycles. The second kappa shape index (κ2) is 6.12. The number of phenolic OH excluding ortho intramolecular Hbond substituents is 1. The molecule has 2 N–H and O–H groups in total. The molecule has 0 aliphatic heterocycles. The first-order valence-corrected chi connectivity index (χ1v) is 5.31. The minimum Gasteiger partial charge on any atom is -0.508 e. The van der Waals surface area contributed by atoms with Crippen LogP contribution in [0.4, 0.5) is 5.69 Å². The number of ether oxygens (including phenoxy) is 1. The van der Waals surface area contributed by atoms with Crippen molar-refractivity contribution in [2.75, 3.05) is 18.5 Å². The van der Waals surface area contributed by atoms with Crippen LogP contribution in [-0.4, -0.2) is 24.2 Å². The van der Waals surface area contributed by atoms with Crippen LogP contribution < -0.4 is 5.32 Å². The first kappa shape index (κ1) is 12.5. The summed E-state index contributed by atoms with van der Waals surface area (Å²) in [6.45, 7) is 4.67. The van der Waals surface area contributed by atoms with Crippen molar-refractivity contribution in [1.29, 1.82) is 0 Å². The molecule has 16 heavy (non-hydrogen) atoms. The van der Waals surface area contributed by atoms with E-state index in [0.717, 1.165) is 0 Å². The molecule has 88 valence electrons. The van der Waals surface area contributed by atoms with E-state index in [4.69, 9.17) is 4.74 Å². The van der Waals surface area contributed by atoms with Gasteiger partial charge in [-0.2, -0.15) is 0 Å². The van der Waals surface area contributed by atoms with Crippen LogP contribution in [0.2, 0.25) is 0 Å². The standard InChI is InChI=1S/C12H17NO3/c1-3-16-8-7-12(15)13-10-5-4-6-11(14)9(10)2/h4-6,14H,3,7-8H2,1-2H3,(H,13,15). The van der Waals surface area contributed by atoms with Gasteiger partial charge in [-0.1, -0.05) is 6.07 Å². The van der Waals surface area contributed by atoms with Crippen molar-refractivity contribution >= 4 is 11.6 Å². The fourth-order valence-corrected chi connectivity index (χ4v) is 1.28. The third kappa shape index (κ3) is 3.55. The van der Waals surface area contributed by atoms with E-state index in [2.05, 4.69) is 5.32 Å². The zero-order valence-corrected chi connectivity index (χ0v) is 9.62. The molecule has 1 rings (SSSR count). The maximum absolute atomic E-state index is 11.5. The fourth-order valence-electron chi connectivity index (χ4n) is 1.28. The van der Waals surface area contributed by atoms with Crippen molar-refractivity contribution in [2.45, 2.75) is 20.3 Å². The molecule has 0 spiro atoms. The van der Waals surface area contributed by atoms with E-state index in [1.54, 1.807) is 25.1 Å². The normalized spacial score (nSPS) is 10.1. The van der Waals surface area contributed by atoms with Gasteiger partial charge in [0.15, 0.2) is 0 Å². The molecule has 0 unspecified atom stereocenters. The highest BCUT2D eigenvalue weighted by Crippen LogP contribution is 2.23. The Morgan fingerprint density at radius 1 is 1.50 bits per heavy atom. The molecule has 0 fully saturated rings. The summed E-state index contributed by atoms with van der Waals surface area (Å²) in [7, 11) is 0. The maximum Gasteiger partial charge on any atom is 0.226 e. The Morgan fingerprint density at radius 2 is 2.25 bits per heavy atom. The van der Waals surface area contributed by atoms with Crippen molar-refractivity contribution in [1.82, 2.24) is 0 Å². The number of carbonyl (C=O) groups is 1. The van der Waals surface area contributed by atoms with Crippen LogP contribution in [0.1, 0.15) is 18.9 Å². The average molecular weight is 223 g/mol. The molecule has 0 atom stereocenters. The lowest BCUT2D eigenvalue weighted by atomic mass is 10.2. The lowest BCUT2D eigenvalue weighted by Crippen LogP contribution is -2.14. The summed E-state index contributed by atoms with van der Waals surface area (Å²) < 4.78 is 5.09. The first-order chi connectivity index (χ1) is 7.65. The van der Waals surface area contributed by atoms with E-state index in [-0.39, 0.29) is 11.7 Å². The summed E-state index contributed by atoms with van der Waals surface area (Å²) in [5, 5.41) is 12.2. The Hall–Kier alpha value is -1.55. The minimum atomic E-state index is -0.109. The van der Waals surface area contributed by atoms with Crippen LogP contribution in [0.25, 0.3) is 0 Å². The molecule has 4 heteroatoms. The van der Waals surface area contributed by atoms with Crippen molar-refractivity contribution in [3.05, 3.63) is 23.8 Å². The summed E-state index contributed by atoms with van der Waals surface area (Å²) >= 11 is 0. The number of nitrogens with one attached hydrogen (secondary N) is 1. The van der Waals surface area contributed by atoms with Crippen LogP contribution in [0.3, 0.4) is 0 Å². The number of phenols is 1. The van der Waals surface area contributed by atoms with Crippen LogP contribution in [0, 0.1) is 6.92 Å². The monoisotopic (exact) mass is 223 g/mol. The largest absolute Gasteiger partial charge is 0.508 e. The minimum absolute atomic E-state index is 0.109. The highest BCUT2D eigenvalue weighted by molar-refractivity contribution is 5.91. The van der Waals surface area contributed by atoms with E-state index < -0.39 is 0 Å². The highest BCUT2D eigenvalue weighted by Gasteiger charge is 2.06. The van der Waals surface area contributed by atoms with Crippen molar-refractivity contribution in [3.8, 4) is 5.75 Å². The molecule has 0 heterocycles. The molecular weight excluding hydrogens is 206 g/mol. The SMILES string of the molecule is CCOCCC(=O)Nc1cccc(O)c1C. The Balaban J connectivity index is 2.53. The Kier molecular flexibility index (Phi) is 4.79. The van der Waals surface area contributed by atoms with E-state index >= 15 is 0 Å². The van der Waals surface area contributed by atoms with Crippen LogP contribution >= 0.6 is 0 Å². The summed E-state index contributed by atoms with van der Waals surface area (Å²) in [6.07, 6.45) is 0.322. The van der Waals surface area contributed by atoms with Gasteiger partial charge in [0, 0.05) is 17.9 Å². The third-order valence-corrected chi connectivity index (χ3v) is 2.26. The summed E-state index contributed by atoms with van der Waals surface area (Å²) in [5.74, 6) is 0.0739. The molecule has 0 radical (unpaired) electrons. The quantitative estimate of drug-likeness (QED) is 0.751. The molecule has 0 saturated heterocycles. The van der Waals surface area contributed by atoms with Crippen molar-refractivity contribution < 1.29 is 14.6 Å². The van der Waals surface area contributed by atoms with Crippen molar-refractivity contribution in [3.63, 3.8) is 0 Å². The lowest BCUT2D eigenvalue weighted by molar-refractivity contribution is -0.117. The predicted molar refractivity (Wildman–Crippen MR) is 62.6 cm³/mol. The van der Waals surface area contributed by atoms with Crippen LogP contribution in [0.5, 0.6) is 5.75 Å². The molecule has 0 aliphatic rings. The molecular formula is C12H17NO3. The Morgan fingerprint density at radius 3 is 2.94 bits per heavy atom. The number of hydrogen-bond donors (Lipinski definition) is 2. The topological polar surface area (TPSA) is 58.6 Å². The van der Waals surface area contributed by atoms with Gasteiger partial charge in [0.2, 0.25) is 5.91 Å². The second-order valence-electron chi connectivity index (χ2n) is 3.44. The Labute approximate surface area is 95.2 Å². The van der Waals surface area contributed by atoms with Gasteiger partial charge in [-0.05, 0) is 26.0 Å². The summed E-state index contributed by atoms with van der Waals surface area (Å²) in [4.78, 5) is 11.5. The van der Waals surface area contributed by atoms with Gasteiger partial charge in [0.05, 0.1) is 13.0 Å². The van der Waals surface area contributed by atoms with E-state index in [1.807, 2.05) is 6.92 Å². The van der Waals surface area contributed by atoms with E-state index in [1.165, 1.54) is 0 Å². The van der Waals surface area contributed by atoms with Crippen molar-refractivity contribution in [2.24, 2.45) is 0 Å². The zero-order valence-electron chi connectivity index (χ0n) is 9.62. The molecule has 1 aromatic carbocycles. The maximum atomic E-state index is 11.5. The van der Waals surface area contributed by atoms with Gasteiger partial charge < -0.3 is 15.2 Å². The number of carbonyl (C=O) groups excluding carboxylic acids is 1. The van der Waals surface area contributed by atoms with Gasteiger partial charge in [0.1, 0.15) is 5.75 Å². The summed E-state index contributed by atoms with van der Waals surface area (Å²) in [5.41, 5.74) is 1.31. The molecule has 0 saturated carbocycles. The molecule has 4 nitrogen and oxygen atoms in total. The third-order valence-electron chi connectivity index (χ3n) is 2.26. The molecule has 0 aliphatic carbocycles. The fraction of sp³-hybridized carbons (Fsp3) is 0.417. The number of aromatic hydroxyl groups is 1. The summed E-state index contributed by atoms with van der Waals surface area (Å²) in [6, 6.07) is 5.04. The highest BCUT2D eigenvalue weighted by atomic mass is 16.5. The van der Waals surface area contributed by atoms with Crippen LogP contribution in [0.15, 0.2) is 18.2 Å². The molecule has 1 aromatic rings. The number of amides is 1.